The second-order valence-electron chi connectivity index (χ2n) is 6.85. The number of benzene rings is 2. The van der Waals surface area contributed by atoms with Gasteiger partial charge < -0.3 is 10.1 Å². The van der Waals surface area contributed by atoms with E-state index in [0.29, 0.717) is 19.8 Å². The van der Waals surface area contributed by atoms with Crippen LogP contribution in [0, 0.1) is 0 Å². The molecular weight excluding hydrogens is 430 g/mol. The Bertz CT molecular complexity index is 937. The van der Waals surface area contributed by atoms with E-state index in [1.807, 2.05) is 12.1 Å². The quantitative estimate of drug-likeness (QED) is 0.756. The Labute approximate surface area is 168 Å². The summed E-state index contributed by atoms with van der Waals surface area (Å²) in [6.45, 7) is 1.67. The SMILES string of the molecule is CS(=O)(=O)c1ccccc1C(=O)NCC1(c2cccc(Br)c2)CCOCC1. The average Bonchev–Trinajstić information content (AvgIpc) is 2.66. The summed E-state index contributed by atoms with van der Waals surface area (Å²) in [7, 11) is -3.48. The molecule has 1 N–H and O–H groups in total. The van der Waals surface area contributed by atoms with E-state index in [0.717, 1.165) is 29.1 Å². The molecule has 0 spiro atoms. The van der Waals surface area contributed by atoms with Crippen LogP contribution in [0.2, 0.25) is 0 Å². The number of rotatable bonds is 5. The van der Waals surface area contributed by atoms with Crippen LogP contribution >= 0.6 is 15.9 Å². The number of amides is 1. The van der Waals surface area contributed by atoms with Crippen LogP contribution in [0.3, 0.4) is 0 Å². The van der Waals surface area contributed by atoms with Crippen molar-refractivity contribution in [3.05, 3.63) is 64.1 Å². The molecule has 5 nitrogen and oxygen atoms in total. The highest BCUT2D eigenvalue weighted by atomic mass is 79.9. The minimum Gasteiger partial charge on any atom is -0.381 e. The van der Waals surface area contributed by atoms with Crippen LogP contribution in [0.15, 0.2) is 57.9 Å². The largest absolute Gasteiger partial charge is 0.381 e. The predicted octanol–water partition coefficient (Wildman–Crippen LogP) is 3.33. The van der Waals surface area contributed by atoms with Gasteiger partial charge in [0.2, 0.25) is 0 Å². The average molecular weight is 452 g/mol. The topological polar surface area (TPSA) is 72.5 Å². The number of carbonyl (C=O) groups is 1. The minimum absolute atomic E-state index is 0.0472. The van der Waals surface area contributed by atoms with Gasteiger partial charge in [-0.3, -0.25) is 4.79 Å². The van der Waals surface area contributed by atoms with Gasteiger partial charge in [-0.15, -0.1) is 0 Å². The van der Waals surface area contributed by atoms with Crippen LogP contribution < -0.4 is 5.32 Å². The summed E-state index contributed by atoms with van der Waals surface area (Å²) in [5, 5.41) is 2.97. The molecule has 1 saturated heterocycles. The number of sulfone groups is 1. The van der Waals surface area contributed by atoms with E-state index in [9.17, 15) is 13.2 Å². The summed E-state index contributed by atoms with van der Waals surface area (Å²) in [6, 6.07) is 14.4. The van der Waals surface area contributed by atoms with Crippen LogP contribution in [0.1, 0.15) is 28.8 Å². The first-order chi connectivity index (χ1) is 12.8. The molecule has 0 unspecified atom stereocenters. The number of halogens is 1. The predicted molar refractivity (Wildman–Crippen MR) is 108 cm³/mol. The monoisotopic (exact) mass is 451 g/mol. The molecule has 3 rings (SSSR count). The number of carbonyl (C=O) groups excluding carboxylic acids is 1. The molecule has 1 fully saturated rings. The molecule has 1 aliphatic rings. The highest BCUT2D eigenvalue weighted by molar-refractivity contribution is 9.10. The van der Waals surface area contributed by atoms with Crippen molar-refractivity contribution < 1.29 is 17.9 Å². The maximum absolute atomic E-state index is 12.8. The third-order valence-corrected chi connectivity index (χ3v) is 6.65. The second kappa shape index (κ2) is 8.12. The molecule has 1 amide bonds. The van der Waals surface area contributed by atoms with Crippen LogP contribution in [0.4, 0.5) is 0 Å². The van der Waals surface area contributed by atoms with Gasteiger partial charge >= 0.3 is 0 Å². The van der Waals surface area contributed by atoms with E-state index in [4.69, 9.17) is 4.74 Å². The number of ether oxygens (including phenoxy) is 1. The third kappa shape index (κ3) is 4.59. The zero-order valence-corrected chi connectivity index (χ0v) is 17.5. The Balaban J connectivity index is 1.86. The van der Waals surface area contributed by atoms with Gasteiger partial charge in [-0.1, -0.05) is 40.2 Å². The highest BCUT2D eigenvalue weighted by Gasteiger charge is 2.35. The summed E-state index contributed by atoms with van der Waals surface area (Å²) in [6.07, 6.45) is 2.69. The van der Waals surface area contributed by atoms with Gasteiger partial charge in [-0.05, 0) is 42.7 Å². The molecule has 2 aromatic carbocycles. The summed E-state index contributed by atoms with van der Waals surface area (Å²) < 4.78 is 30.5. The molecule has 1 heterocycles. The molecule has 0 radical (unpaired) electrons. The lowest BCUT2D eigenvalue weighted by Gasteiger charge is -2.38. The Hall–Kier alpha value is -1.70. The van der Waals surface area contributed by atoms with Gasteiger partial charge in [0, 0.05) is 35.9 Å². The molecule has 0 saturated carbocycles. The first kappa shape index (κ1) is 20.0. The zero-order valence-electron chi connectivity index (χ0n) is 15.1. The lowest BCUT2D eigenvalue weighted by Crippen LogP contribution is -2.44. The van der Waals surface area contributed by atoms with Crippen LogP contribution in [-0.2, 0) is 20.0 Å². The third-order valence-electron chi connectivity index (χ3n) is 5.01. The molecule has 7 heteroatoms. The van der Waals surface area contributed by atoms with Gasteiger partial charge in [-0.25, -0.2) is 8.42 Å². The standard InChI is InChI=1S/C20H22BrNO4S/c1-27(24,25)18-8-3-2-7-17(18)19(23)22-14-20(9-11-26-12-10-20)15-5-4-6-16(21)13-15/h2-8,13H,9-12,14H2,1H3,(H,22,23). The van der Waals surface area contributed by atoms with E-state index in [-0.39, 0.29) is 21.8 Å². The maximum Gasteiger partial charge on any atom is 0.252 e. The van der Waals surface area contributed by atoms with Crippen LogP contribution in [-0.4, -0.2) is 40.3 Å². The van der Waals surface area contributed by atoms with Crippen LogP contribution in [0.25, 0.3) is 0 Å². The van der Waals surface area contributed by atoms with E-state index >= 15 is 0 Å². The smallest absolute Gasteiger partial charge is 0.252 e. The van der Waals surface area contributed by atoms with Crippen molar-refractivity contribution in [2.75, 3.05) is 26.0 Å². The summed E-state index contributed by atoms with van der Waals surface area (Å²) in [5.74, 6) is -0.378. The van der Waals surface area contributed by atoms with Gasteiger partial charge in [0.05, 0.1) is 10.5 Å². The van der Waals surface area contributed by atoms with Gasteiger partial charge in [0.25, 0.3) is 5.91 Å². The number of nitrogens with one attached hydrogen (secondary N) is 1. The summed E-state index contributed by atoms with van der Waals surface area (Å²) in [4.78, 5) is 12.8. The molecular formula is C20H22BrNO4S. The Kier molecular flexibility index (Phi) is 6.03. The van der Waals surface area contributed by atoms with Crippen molar-refractivity contribution in [3.8, 4) is 0 Å². The lowest BCUT2D eigenvalue weighted by molar-refractivity contribution is 0.0486. The normalized spacial score (nSPS) is 16.7. The van der Waals surface area contributed by atoms with Crippen LogP contribution in [0.5, 0.6) is 0 Å². The maximum atomic E-state index is 12.8. The van der Waals surface area contributed by atoms with E-state index in [2.05, 4.69) is 33.4 Å². The lowest BCUT2D eigenvalue weighted by atomic mass is 9.74. The molecule has 0 bridgehead atoms. The molecule has 2 aromatic rings. The molecule has 27 heavy (non-hydrogen) atoms. The molecule has 0 aliphatic carbocycles. The molecule has 1 aliphatic heterocycles. The minimum atomic E-state index is -3.48. The van der Waals surface area contributed by atoms with Crippen molar-refractivity contribution in [3.63, 3.8) is 0 Å². The second-order valence-corrected chi connectivity index (χ2v) is 9.75. The Morgan fingerprint density at radius 1 is 1.15 bits per heavy atom. The van der Waals surface area contributed by atoms with Crippen molar-refractivity contribution in [1.29, 1.82) is 0 Å². The summed E-state index contributed by atoms with van der Waals surface area (Å²) >= 11 is 3.52. The van der Waals surface area contributed by atoms with Crippen molar-refractivity contribution >= 4 is 31.7 Å². The molecule has 144 valence electrons. The van der Waals surface area contributed by atoms with Crippen molar-refractivity contribution in [1.82, 2.24) is 5.32 Å². The Morgan fingerprint density at radius 3 is 2.52 bits per heavy atom. The van der Waals surface area contributed by atoms with Gasteiger partial charge in [0.15, 0.2) is 9.84 Å². The van der Waals surface area contributed by atoms with E-state index in [1.54, 1.807) is 18.2 Å². The van der Waals surface area contributed by atoms with Gasteiger partial charge in [0.1, 0.15) is 0 Å². The summed E-state index contributed by atoms with van der Waals surface area (Å²) in [5.41, 5.74) is 1.07. The van der Waals surface area contributed by atoms with Gasteiger partial charge in [-0.2, -0.15) is 0 Å². The fraction of sp³-hybridized carbons (Fsp3) is 0.350. The van der Waals surface area contributed by atoms with Crippen molar-refractivity contribution in [2.24, 2.45) is 0 Å². The molecule has 0 atom stereocenters. The zero-order chi connectivity index (χ0) is 19.5. The van der Waals surface area contributed by atoms with Crippen molar-refractivity contribution in [2.45, 2.75) is 23.2 Å². The number of hydrogen-bond acceptors (Lipinski definition) is 4. The Morgan fingerprint density at radius 2 is 1.85 bits per heavy atom. The number of hydrogen-bond donors (Lipinski definition) is 1. The van der Waals surface area contributed by atoms with E-state index < -0.39 is 9.84 Å². The fourth-order valence-electron chi connectivity index (χ4n) is 3.47. The van der Waals surface area contributed by atoms with E-state index in [1.165, 1.54) is 6.07 Å². The first-order valence-corrected chi connectivity index (χ1v) is 11.4. The fourth-order valence-corrected chi connectivity index (χ4v) is 4.76. The first-order valence-electron chi connectivity index (χ1n) is 8.73. The highest BCUT2D eigenvalue weighted by Crippen LogP contribution is 2.35. The molecule has 0 aromatic heterocycles.